The summed E-state index contributed by atoms with van der Waals surface area (Å²) in [7, 11) is -3.50. The lowest BCUT2D eigenvalue weighted by Crippen LogP contribution is -2.30. The highest BCUT2D eigenvalue weighted by Gasteiger charge is 2.25. The molecule has 7 heteroatoms. The Morgan fingerprint density at radius 3 is 2.62 bits per heavy atom. The predicted molar refractivity (Wildman–Crippen MR) is 86.1 cm³/mol. The summed E-state index contributed by atoms with van der Waals surface area (Å²) in [5.74, 6) is 0.325. The maximum absolute atomic E-state index is 12.6. The van der Waals surface area contributed by atoms with Crippen LogP contribution in [-0.4, -0.2) is 24.3 Å². The molecule has 0 saturated heterocycles. The Morgan fingerprint density at radius 2 is 2.05 bits per heavy atom. The largest absolute Gasteiger partial charge is 0.257 e. The number of nitrogens with zero attached hydrogens (tertiary/aromatic N) is 2. The predicted octanol–water partition coefficient (Wildman–Crippen LogP) is 3.40. The second-order valence-corrected chi connectivity index (χ2v) is 8.16. The molecule has 0 unspecified atom stereocenters. The molecule has 2 heterocycles. The van der Waals surface area contributed by atoms with Crippen molar-refractivity contribution in [1.82, 2.24) is 9.29 Å². The van der Waals surface area contributed by atoms with E-state index < -0.39 is 10.0 Å². The van der Waals surface area contributed by atoms with E-state index in [2.05, 4.69) is 4.98 Å². The van der Waals surface area contributed by atoms with Gasteiger partial charge in [-0.25, -0.2) is 8.42 Å². The minimum absolute atomic E-state index is 0.272. The smallest absolute Gasteiger partial charge is 0.252 e. The van der Waals surface area contributed by atoms with E-state index in [9.17, 15) is 8.42 Å². The lowest BCUT2D eigenvalue weighted by atomic mass is 10.3. The molecule has 114 valence electrons. The first-order valence-electron chi connectivity index (χ1n) is 6.54. The maximum atomic E-state index is 12.6. The molecule has 0 amide bonds. The first-order chi connectivity index (χ1) is 9.97. The molecule has 0 N–H and O–H groups in total. The fraction of sp³-hybridized carbons (Fsp3) is 0.357. The molecule has 0 aromatic carbocycles. The van der Waals surface area contributed by atoms with Crippen molar-refractivity contribution in [3.63, 3.8) is 0 Å². The van der Waals surface area contributed by atoms with Crippen LogP contribution in [0.5, 0.6) is 0 Å². The standard InChI is InChI=1S/C14H17ClN2O2S2/c1-3-17(10-12-6-4-5-11(2)16-12)21(18,19)14-8-7-13(9-15)20-14/h4-8H,3,9-10H2,1-2H3. The number of aryl methyl sites for hydroxylation is 1. The van der Waals surface area contributed by atoms with Gasteiger partial charge in [-0.05, 0) is 31.2 Å². The van der Waals surface area contributed by atoms with E-state index in [1.807, 2.05) is 32.0 Å². The van der Waals surface area contributed by atoms with Crippen LogP contribution >= 0.6 is 22.9 Å². The Hall–Kier alpha value is -0.950. The number of halogens is 1. The van der Waals surface area contributed by atoms with Crippen LogP contribution in [-0.2, 0) is 22.4 Å². The maximum Gasteiger partial charge on any atom is 0.252 e. The van der Waals surface area contributed by atoms with Gasteiger partial charge in [-0.3, -0.25) is 4.98 Å². The van der Waals surface area contributed by atoms with E-state index in [1.165, 1.54) is 15.6 Å². The summed E-state index contributed by atoms with van der Waals surface area (Å²) in [5.41, 5.74) is 1.62. The number of pyridine rings is 1. The van der Waals surface area contributed by atoms with E-state index in [0.717, 1.165) is 16.3 Å². The molecule has 4 nitrogen and oxygen atoms in total. The quantitative estimate of drug-likeness (QED) is 0.754. The minimum atomic E-state index is -3.50. The molecule has 0 fully saturated rings. The Bertz CT molecular complexity index is 713. The van der Waals surface area contributed by atoms with Crippen LogP contribution < -0.4 is 0 Å². The third kappa shape index (κ3) is 3.83. The Morgan fingerprint density at radius 1 is 1.29 bits per heavy atom. The number of hydrogen-bond acceptors (Lipinski definition) is 4. The number of aromatic nitrogens is 1. The van der Waals surface area contributed by atoms with Gasteiger partial charge in [0.1, 0.15) is 4.21 Å². The Kier molecular flexibility index (Phi) is 5.37. The monoisotopic (exact) mass is 344 g/mol. The first kappa shape index (κ1) is 16.4. The zero-order valence-corrected chi connectivity index (χ0v) is 14.3. The van der Waals surface area contributed by atoms with E-state index in [4.69, 9.17) is 11.6 Å². The lowest BCUT2D eigenvalue weighted by molar-refractivity contribution is 0.420. The molecule has 0 aliphatic heterocycles. The van der Waals surface area contributed by atoms with Crippen molar-refractivity contribution in [2.75, 3.05) is 6.54 Å². The van der Waals surface area contributed by atoms with E-state index >= 15 is 0 Å². The van der Waals surface area contributed by atoms with Crippen molar-refractivity contribution in [2.24, 2.45) is 0 Å². The van der Waals surface area contributed by atoms with Gasteiger partial charge in [-0.2, -0.15) is 4.31 Å². The van der Waals surface area contributed by atoms with Crippen LogP contribution in [0.2, 0.25) is 0 Å². The van der Waals surface area contributed by atoms with Gasteiger partial charge in [-0.15, -0.1) is 22.9 Å². The second-order valence-electron chi connectivity index (χ2n) is 4.56. The third-order valence-corrected chi connectivity index (χ3v) is 6.92. The minimum Gasteiger partial charge on any atom is -0.257 e. The number of alkyl halides is 1. The molecule has 0 aliphatic rings. The van der Waals surface area contributed by atoms with E-state index in [-0.39, 0.29) is 6.54 Å². The molecule has 0 bridgehead atoms. The summed E-state index contributed by atoms with van der Waals surface area (Å²) >= 11 is 6.96. The summed E-state index contributed by atoms with van der Waals surface area (Å²) in [6.07, 6.45) is 0. The lowest BCUT2D eigenvalue weighted by Gasteiger charge is -2.19. The third-order valence-electron chi connectivity index (χ3n) is 3.00. The van der Waals surface area contributed by atoms with Crippen molar-refractivity contribution >= 4 is 33.0 Å². The average molecular weight is 345 g/mol. The van der Waals surface area contributed by atoms with Gasteiger partial charge in [0.05, 0.1) is 18.1 Å². The van der Waals surface area contributed by atoms with E-state index in [0.29, 0.717) is 16.6 Å². The summed E-state index contributed by atoms with van der Waals surface area (Å²) in [6, 6.07) is 8.98. The topological polar surface area (TPSA) is 50.3 Å². The molecule has 0 aliphatic carbocycles. The first-order valence-corrected chi connectivity index (χ1v) is 9.34. The molecule has 0 spiro atoms. The van der Waals surface area contributed by atoms with Gasteiger partial charge in [0.15, 0.2) is 0 Å². The van der Waals surface area contributed by atoms with Crippen molar-refractivity contribution in [2.45, 2.75) is 30.5 Å². The van der Waals surface area contributed by atoms with Crippen LogP contribution in [0.15, 0.2) is 34.5 Å². The highest BCUT2D eigenvalue weighted by molar-refractivity contribution is 7.91. The Labute approximate surface area is 134 Å². The van der Waals surface area contributed by atoms with Gasteiger partial charge in [0.25, 0.3) is 10.0 Å². The summed E-state index contributed by atoms with van der Waals surface area (Å²) in [5, 5.41) is 0. The normalized spacial score (nSPS) is 12.0. The van der Waals surface area contributed by atoms with Crippen molar-refractivity contribution in [3.8, 4) is 0 Å². The molecule has 0 saturated carbocycles. The second kappa shape index (κ2) is 6.87. The molecule has 2 aromatic rings. The molecular formula is C14H17ClN2O2S2. The highest BCUT2D eigenvalue weighted by atomic mass is 35.5. The zero-order chi connectivity index (χ0) is 15.5. The summed E-state index contributed by atoms with van der Waals surface area (Å²) in [6.45, 7) is 4.38. The number of rotatable bonds is 6. The van der Waals surface area contributed by atoms with Crippen LogP contribution in [0.1, 0.15) is 23.2 Å². The highest BCUT2D eigenvalue weighted by Crippen LogP contribution is 2.26. The number of thiophene rings is 1. The fourth-order valence-electron chi connectivity index (χ4n) is 1.93. The zero-order valence-electron chi connectivity index (χ0n) is 11.9. The molecule has 2 aromatic heterocycles. The van der Waals surface area contributed by atoms with Crippen molar-refractivity contribution in [3.05, 3.63) is 46.6 Å². The molecule has 0 atom stereocenters. The van der Waals surface area contributed by atoms with Crippen LogP contribution in [0.25, 0.3) is 0 Å². The van der Waals surface area contributed by atoms with Gasteiger partial charge in [0.2, 0.25) is 0 Å². The van der Waals surface area contributed by atoms with Gasteiger partial charge >= 0.3 is 0 Å². The van der Waals surface area contributed by atoms with Crippen LogP contribution in [0, 0.1) is 6.92 Å². The van der Waals surface area contributed by atoms with Crippen LogP contribution in [0.4, 0.5) is 0 Å². The van der Waals surface area contributed by atoms with Gasteiger partial charge < -0.3 is 0 Å². The molecule has 2 rings (SSSR count). The SMILES string of the molecule is CCN(Cc1cccc(C)n1)S(=O)(=O)c1ccc(CCl)s1. The van der Waals surface area contributed by atoms with Gasteiger partial charge in [-0.1, -0.05) is 13.0 Å². The fourth-order valence-corrected chi connectivity index (χ4v) is 4.96. The number of sulfonamides is 1. The Balaban J connectivity index is 2.27. The van der Waals surface area contributed by atoms with E-state index in [1.54, 1.807) is 12.1 Å². The summed E-state index contributed by atoms with van der Waals surface area (Å²) < 4.78 is 27.1. The summed E-state index contributed by atoms with van der Waals surface area (Å²) in [4.78, 5) is 5.21. The molecule has 21 heavy (non-hydrogen) atoms. The molecular weight excluding hydrogens is 328 g/mol. The molecule has 0 radical (unpaired) electrons. The van der Waals surface area contributed by atoms with Crippen molar-refractivity contribution in [1.29, 1.82) is 0 Å². The van der Waals surface area contributed by atoms with Crippen LogP contribution in [0.3, 0.4) is 0 Å². The van der Waals surface area contributed by atoms with Gasteiger partial charge in [0, 0.05) is 17.1 Å². The number of hydrogen-bond donors (Lipinski definition) is 0. The average Bonchev–Trinajstić information content (AvgIpc) is 2.94. The van der Waals surface area contributed by atoms with Crippen molar-refractivity contribution < 1.29 is 8.42 Å².